The number of carbonyl (C=O) groups is 1. The summed E-state index contributed by atoms with van der Waals surface area (Å²) < 4.78 is 1.90. The van der Waals surface area contributed by atoms with E-state index in [1.807, 2.05) is 15.8 Å². The molecule has 0 aromatic carbocycles. The average Bonchev–Trinajstić information content (AvgIpc) is 3.22. The smallest absolute Gasteiger partial charge is 0.276 e. The zero-order valence-corrected chi connectivity index (χ0v) is 13.1. The molecule has 2 aliphatic heterocycles. The van der Waals surface area contributed by atoms with Crippen LogP contribution in [-0.4, -0.2) is 52.0 Å². The van der Waals surface area contributed by atoms with Crippen molar-refractivity contribution in [1.29, 1.82) is 0 Å². The minimum atomic E-state index is 0.0783. The predicted octanol–water partition coefficient (Wildman–Crippen LogP) is 1.46. The Morgan fingerprint density at radius 3 is 2.45 bits per heavy atom. The zero-order valence-electron chi connectivity index (χ0n) is 13.1. The number of fused-ring (bicyclic) bond motifs is 1. The third kappa shape index (κ3) is 2.64. The van der Waals surface area contributed by atoms with E-state index in [2.05, 4.69) is 15.6 Å². The van der Waals surface area contributed by atoms with Crippen LogP contribution in [0.4, 0.5) is 0 Å². The summed E-state index contributed by atoms with van der Waals surface area (Å²) >= 11 is 0. The molecule has 6 nitrogen and oxygen atoms in total. The van der Waals surface area contributed by atoms with Gasteiger partial charge in [0.2, 0.25) is 0 Å². The molecule has 2 saturated heterocycles. The van der Waals surface area contributed by atoms with Crippen LogP contribution in [0.25, 0.3) is 0 Å². The molecule has 4 rings (SSSR count). The molecule has 1 aromatic heterocycles. The fourth-order valence-corrected chi connectivity index (χ4v) is 4.36. The summed E-state index contributed by atoms with van der Waals surface area (Å²) in [5, 5.41) is 11.7. The number of rotatable bonds is 2. The normalized spacial score (nSPS) is 29.5. The lowest BCUT2D eigenvalue weighted by molar-refractivity contribution is 0.0778. The SMILES string of the molecule is O=C(c1cn(C2CCNCC2)nn1)N1CC2CCCCC2C1. The molecule has 0 radical (unpaired) electrons. The third-order valence-electron chi connectivity index (χ3n) is 5.68. The highest BCUT2D eigenvalue weighted by atomic mass is 16.2. The van der Waals surface area contributed by atoms with E-state index in [1.165, 1.54) is 25.7 Å². The second-order valence-electron chi connectivity index (χ2n) is 7.08. The first-order valence-electron chi connectivity index (χ1n) is 8.73. The van der Waals surface area contributed by atoms with Gasteiger partial charge in [-0.1, -0.05) is 18.1 Å². The summed E-state index contributed by atoms with van der Waals surface area (Å²) in [7, 11) is 0. The molecule has 3 aliphatic rings. The highest BCUT2D eigenvalue weighted by molar-refractivity contribution is 5.92. The fourth-order valence-electron chi connectivity index (χ4n) is 4.36. The maximum Gasteiger partial charge on any atom is 0.276 e. The van der Waals surface area contributed by atoms with E-state index in [0.29, 0.717) is 11.7 Å². The maximum absolute atomic E-state index is 12.7. The fraction of sp³-hybridized carbons (Fsp3) is 0.812. The van der Waals surface area contributed by atoms with Gasteiger partial charge in [-0.25, -0.2) is 4.68 Å². The molecular weight excluding hydrogens is 278 g/mol. The van der Waals surface area contributed by atoms with Gasteiger partial charge in [-0.3, -0.25) is 4.79 Å². The van der Waals surface area contributed by atoms with Gasteiger partial charge in [-0.2, -0.15) is 0 Å². The average molecular weight is 303 g/mol. The Balaban J connectivity index is 1.43. The predicted molar refractivity (Wildman–Crippen MR) is 82.5 cm³/mol. The van der Waals surface area contributed by atoms with Crippen molar-refractivity contribution in [3.63, 3.8) is 0 Å². The van der Waals surface area contributed by atoms with Crippen LogP contribution in [0.2, 0.25) is 0 Å². The van der Waals surface area contributed by atoms with Gasteiger partial charge in [0, 0.05) is 13.1 Å². The van der Waals surface area contributed by atoms with Crippen LogP contribution in [0.1, 0.15) is 55.1 Å². The molecule has 0 spiro atoms. The minimum absolute atomic E-state index is 0.0783. The third-order valence-corrected chi connectivity index (χ3v) is 5.68. The topological polar surface area (TPSA) is 63.1 Å². The molecular formula is C16H25N5O. The van der Waals surface area contributed by atoms with Gasteiger partial charge in [-0.05, 0) is 50.6 Å². The molecule has 22 heavy (non-hydrogen) atoms. The van der Waals surface area contributed by atoms with Gasteiger partial charge in [0.1, 0.15) is 0 Å². The quantitative estimate of drug-likeness (QED) is 0.898. The standard InChI is InChI=1S/C16H25N5O/c22-16(20-9-12-3-1-2-4-13(12)10-20)15-11-21(19-18-15)14-5-7-17-8-6-14/h11-14,17H,1-10H2. The van der Waals surface area contributed by atoms with E-state index in [4.69, 9.17) is 0 Å². The Morgan fingerprint density at radius 1 is 1.09 bits per heavy atom. The highest BCUT2D eigenvalue weighted by Crippen LogP contribution is 2.36. The molecule has 1 amide bonds. The van der Waals surface area contributed by atoms with Crippen LogP contribution >= 0.6 is 0 Å². The van der Waals surface area contributed by atoms with Crippen LogP contribution in [0.15, 0.2) is 6.20 Å². The van der Waals surface area contributed by atoms with Crippen molar-refractivity contribution in [2.24, 2.45) is 11.8 Å². The number of carbonyl (C=O) groups excluding carboxylic acids is 1. The summed E-state index contributed by atoms with van der Waals surface area (Å²) in [5.74, 6) is 1.52. The van der Waals surface area contributed by atoms with Crippen molar-refractivity contribution in [3.8, 4) is 0 Å². The monoisotopic (exact) mass is 303 g/mol. The van der Waals surface area contributed by atoms with Crippen molar-refractivity contribution >= 4 is 5.91 Å². The lowest BCUT2D eigenvalue weighted by atomic mass is 9.82. The number of nitrogens with zero attached hydrogens (tertiary/aromatic N) is 4. The van der Waals surface area contributed by atoms with Gasteiger partial charge < -0.3 is 10.2 Å². The van der Waals surface area contributed by atoms with E-state index in [9.17, 15) is 4.79 Å². The lowest BCUT2D eigenvalue weighted by Gasteiger charge is -2.22. The molecule has 1 saturated carbocycles. The first kappa shape index (κ1) is 14.2. The molecule has 1 aliphatic carbocycles. The number of amides is 1. The van der Waals surface area contributed by atoms with E-state index >= 15 is 0 Å². The van der Waals surface area contributed by atoms with Crippen molar-refractivity contribution < 1.29 is 4.79 Å². The van der Waals surface area contributed by atoms with Crippen LogP contribution < -0.4 is 5.32 Å². The molecule has 3 fully saturated rings. The van der Waals surface area contributed by atoms with E-state index in [-0.39, 0.29) is 5.91 Å². The van der Waals surface area contributed by atoms with Crippen molar-refractivity contribution in [2.45, 2.75) is 44.6 Å². The number of hydrogen-bond acceptors (Lipinski definition) is 4. The van der Waals surface area contributed by atoms with Gasteiger partial charge in [0.05, 0.1) is 12.2 Å². The van der Waals surface area contributed by atoms with Crippen LogP contribution in [0, 0.1) is 11.8 Å². The summed E-state index contributed by atoms with van der Waals surface area (Å²) in [6, 6.07) is 0.386. The molecule has 3 heterocycles. The summed E-state index contributed by atoms with van der Waals surface area (Å²) in [6.45, 7) is 3.88. The summed E-state index contributed by atoms with van der Waals surface area (Å²) in [5.41, 5.74) is 0.525. The Hall–Kier alpha value is -1.43. The van der Waals surface area contributed by atoms with Gasteiger partial charge in [0.15, 0.2) is 5.69 Å². The Morgan fingerprint density at radius 2 is 1.77 bits per heavy atom. The number of aromatic nitrogens is 3. The summed E-state index contributed by atoms with van der Waals surface area (Å²) in [6.07, 6.45) is 9.21. The Kier molecular flexibility index (Phi) is 3.86. The van der Waals surface area contributed by atoms with E-state index in [0.717, 1.165) is 50.9 Å². The molecule has 1 aromatic rings. The largest absolute Gasteiger partial charge is 0.337 e. The molecule has 6 heteroatoms. The number of piperidine rings is 1. The van der Waals surface area contributed by atoms with Gasteiger partial charge in [0.25, 0.3) is 5.91 Å². The number of hydrogen-bond donors (Lipinski definition) is 1. The zero-order chi connectivity index (χ0) is 14.9. The molecule has 2 atom stereocenters. The van der Waals surface area contributed by atoms with Crippen LogP contribution in [-0.2, 0) is 0 Å². The number of likely N-dealkylation sites (tertiary alicyclic amines) is 1. The first-order chi connectivity index (χ1) is 10.8. The van der Waals surface area contributed by atoms with Crippen molar-refractivity contribution in [2.75, 3.05) is 26.2 Å². The second-order valence-corrected chi connectivity index (χ2v) is 7.08. The first-order valence-corrected chi connectivity index (χ1v) is 8.73. The Bertz CT molecular complexity index is 522. The minimum Gasteiger partial charge on any atom is -0.337 e. The van der Waals surface area contributed by atoms with Crippen molar-refractivity contribution in [3.05, 3.63) is 11.9 Å². The van der Waals surface area contributed by atoms with Gasteiger partial charge in [-0.15, -0.1) is 5.10 Å². The molecule has 1 N–H and O–H groups in total. The van der Waals surface area contributed by atoms with Crippen molar-refractivity contribution in [1.82, 2.24) is 25.2 Å². The molecule has 2 unspecified atom stereocenters. The van der Waals surface area contributed by atoms with E-state index in [1.54, 1.807) is 0 Å². The highest BCUT2D eigenvalue weighted by Gasteiger charge is 2.37. The number of nitrogens with one attached hydrogen (secondary N) is 1. The van der Waals surface area contributed by atoms with Crippen LogP contribution in [0.5, 0.6) is 0 Å². The van der Waals surface area contributed by atoms with Crippen LogP contribution in [0.3, 0.4) is 0 Å². The van der Waals surface area contributed by atoms with Gasteiger partial charge >= 0.3 is 0 Å². The lowest BCUT2D eigenvalue weighted by Crippen LogP contribution is -2.30. The van der Waals surface area contributed by atoms with E-state index < -0.39 is 0 Å². The summed E-state index contributed by atoms with van der Waals surface area (Å²) in [4.78, 5) is 14.7. The Labute approximate surface area is 131 Å². The molecule has 0 bridgehead atoms. The second kappa shape index (κ2) is 5.99. The molecule has 120 valence electrons. The maximum atomic E-state index is 12.7.